The molecular weight excluding hydrogens is 963 g/mol. The third kappa shape index (κ3) is 41.2. The number of ether oxygens (including phenoxy) is 2. The van der Waals surface area contributed by atoms with Gasteiger partial charge in [-0.3, -0.25) is 19.1 Å². The number of piperidine rings is 4. The molecule has 0 radical (unpaired) electrons. The fourth-order valence-electron chi connectivity index (χ4n) is 7.47. The van der Waals surface area contributed by atoms with Gasteiger partial charge in [0.2, 0.25) is 17.9 Å². The molecule has 0 spiro atoms. The number of methoxy groups -OCH3 is 2. The third-order valence-electron chi connectivity index (χ3n) is 11.4. The number of carbonyl (C=O) groups excluding carboxylic acids is 4. The lowest BCUT2D eigenvalue weighted by Gasteiger charge is -2.32. The molecule has 4 aliphatic heterocycles. The van der Waals surface area contributed by atoms with Crippen LogP contribution in [0.4, 0.5) is 42.5 Å². The van der Waals surface area contributed by atoms with Gasteiger partial charge >= 0.3 is 18.8 Å². The van der Waals surface area contributed by atoms with Gasteiger partial charge in [-0.15, -0.1) is 26.3 Å². The highest BCUT2D eigenvalue weighted by atomic mass is 19.4. The second kappa shape index (κ2) is 43.6. The first-order chi connectivity index (χ1) is 34.7. The van der Waals surface area contributed by atoms with Crippen molar-refractivity contribution in [1.82, 2.24) is 25.3 Å². The Morgan fingerprint density at radius 3 is 1.32 bits per heavy atom. The van der Waals surface area contributed by atoms with E-state index in [9.17, 15) is 45.5 Å². The van der Waals surface area contributed by atoms with Crippen LogP contribution < -0.4 is 33.2 Å². The lowest BCUT2D eigenvalue weighted by molar-refractivity contribution is -0.312. The SMILES string of the molecule is CC.CCCN1CCC(C(N)=O)CC1.CCCN1CCC(N=C=O)CC1.CCCN1CCC(NC(=O)Nc2ccccc2)CC1.COC(F)(F)F.COC(F)(F)F.NC(=O)C1CCNCC1.Nc1ccccc1. The van der Waals surface area contributed by atoms with Gasteiger partial charge < -0.3 is 47.9 Å². The molecule has 73 heavy (non-hydrogen) atoms. The number of isocyanates is 1. The molecule has 2 aromatic rings. The number of amides is 4. The average Bonchev–Trinajstić information content (AvgIpc) is 3.38. The first kappa shape index (κ1) is 70.2. The highest BCUT2D eigenvalue weighted by molar-refractivity contribution is 5.89. The van der Waals surface area contributed by atoms with Crippen LogP contribution in [0.1, 0.15) is 105 Å². The molecule has 0 unspecified atom stereocenters. The van der Waals surface area contributed by atoms with Crippen molar-refractivity contribution in [3.05, 3.63) is 60.7 Å². The van der Waals surface area contributed by atoms with Crippen molar-refractivity contribution in [2.24, 2.45) is 28.3 Å². The zero-order chi connectivity index (χ0) is 55.5. The van der Waals surface area contributed by atoms with E-state index >= 15 is 0 Å². The number of rotatable bonds is 11. The summed E-state index contributed by atoms with van der Waals surface area (Å²) in [4.78, 5) is 54.2. The number of nitrogens with one attached hydrogen (secondary N) is 3. The summed E-state index contributed by atoms with van der Waals surface area (Å²) in [5.74, 6) is 0.00649. The Labute approximate surface area is 430 Å². The molecule has 4 aliphatic rings. The lowest BCUT2D eigenvalue weighted by Crippen LogP contribution is -2.46. The van der Waals surface area contributed by atoms with Crippen LogP contribution in [0.3, 0.4) is 0 Å². The van der Waals surface area contributed by atoms with E-state index in [-0.39, 0.29) is 35.7 Å². The number of benzene rings is 2. The van der Waals surface area contributed by atoms with Crippen molar-refractivity contribution in [1.29, 1.82) is 0 Å². The lowest BCUT2D eigenvalue weighted by atomic mass is 9.96. The number of nitrogen functional groups attached to an aromatic ring is 1. The number of anilines is 2. The number of nitrogens with two attached hydrogens (primary N) is 3. The Kier molecular flexibility index (Phi) is 41.9. The zero-order valence-electron chi connectivity index (χ0n) is 44.4. The number of hydrogen-bond donors (Lipinski definition) is 6. The van der Waals surface area contributed by atoms with Gasteiger partial charge in [0.1, 0.15) is 0 Å². The van der Waals surface area contributed by atoms with Gasteiger partial charge in [0.05, 0.1) is 6.04 Å². The summed E-state index contributed by atoms with van der Waals surface area (Å²) < 4.78 is 69.2. The number of aliphatic imine (C=N–C) groups is 1. The van der Waals surface area contributed by atoms with Gasteiger partial charge in [-0.25, -0.2) is 14.6 Å². The molecule has 0 aromatic heterocycles. The van der Waals surface area contributed by atoms with E-state index < -0.39 is 12.7 Å². The third-order valence-corrected chi connectivity index (χ3v) is 11.4. The number of halogens is 6. The predicted octanol–water partition coefficient (Wildman–Crippen LogP) is 8.54. The summed E-state index contributed by atoms with van der Waals surface area (Å²) in [6.45, 7) is 22.4. The zero-order valence-corrected chi connectivity index (χ0v) is 44.4. The van der Waals surface area contributed by atoms with Gasteiger partial charge in [0.25, 0.3) is 0 Å². The predicted molar refractivity (Wildman–Crippen MR) is 278 cm³/mol. The molecule has 9 N–H and O–H groups in total. The Bertz CT molecular complexity index is 1650. The van der Waals surface area contributed by atoms with Gasteiger partial charge in [-0.05, 0) is 141 Å². The van der Waals surface area contributed by atoms with Crippen molar-refractivity contribution < 1.29 is 55.0 Å². The van der Waals surface area contributed by atoms with Crippen molar-refractivity contribution in [2.75, 3.05) is 97.3 Å². The molecule has 2 aromatic carbocycles. The van der Waals surface area contributed by atoms with E-state index in [0.29, 0.717) is 20.3 Å². The van der Waals surface area contributed by atoms with Crippen LogP contribution >= 0.6 is 0 Å². The molecule has 420 valence electrons. The molecule has 4 fully saturated rings. The summed E-state index contributed by atoms with van der Waals surface area (Å²) in [7, 11) is 1.17. The molecule has 4 heterocycles. The monoisotopic (exact) mass is 1050 g/mol. The summed E-state index contributed by atoms with van der Waals surface area (Å²) in [6, 6.07) is 19.5. The molecule has 22 heteroatoms. The fourth-order valence-corrected chi connectivity index (χ4v) is 7.47. The maximum absolute atomic E-state index is 11.9. The first-order valence-electron chi connectivity index (χ1n) is 25.4. The van der Waals surface area contributed by atoms with Crippen molar-refractivity contribution >= 4 is 35.3 Å². The summed E-state index contributed by atoms with van der Waals surface area (Å²) in [5.41, 5.74) is 17.3. The Morgan fingerprint density at radius 2 is 1.00 bits per heavy atom. The van der Waals surface area contributed by atoms with E-state index in [2.05, 4.69) is 65.9 Å². The largest absolute Gasteiger partial charge is 0.522 e. The van der Waals surface area contributed by atoms with Gasteiger partial charge in [-0.1, -0.05) is 71.0 Å². The molecular formula is C51H88F6N10O6. The minimum atomic E-state index is -4.46. The fraction of sp³-hybridized carbons (Fsp3) is 0.686. The molecule has 4 saturated heterocycles. The van der Waals surface area contributed by atoms with Crippen LogP contribution in [0, 0.1) is 11.8 Å². The second-order valence-corrected chi connectivity index (χ2v) is 17.0. The minimum absolute atomic E-state index is 0.0971. The Morgan fingerprint density at radius 1 is 0.644 bits per heavy atom. The highest BCUT2D eigenvalue weighted by Gasteiger charge is 2.27. The van der Waals surface area contributed by atoms with Crippen molar-refractivity contribution in [3.8, 4) is 0 Å². The second-order valence-electron chi connectivity index (χ2n) is 17.0. The maximum atomic E-state index is 11.9. The van der Waals surface area contributed by atoms with Crippen LogP contribution in [0.5, 0.6) is 0 Å². The molecule has 16 nitrogen and oxygen atoms in total. The summed E-state index contributed by atoms with van der Waals surface area (Å²) >= 11 is 0. The molecule has 6 rings (SSSR count). The number of nitrogens with zero attached hydrogens (tertiary/aromatic N) is 4. The number of para-hydroxylation sites is 2. The molecule has 0 saturated carbocycles. The quantitative estimate of drug-likeness (QED) is 0.0542. The maximum Gasteiger partial charge on any atom is 0.522 e. The Balaban J connectivity index is 0. The summed E-state index contributed by atoms with van der Waals surface area (Å²) in [6.07, 6.45) is 4.20. The van der Waals surface area contributed by atoms with Crippen LogP contribution in [0.25, 0.3) is 0 Å². The molecule has 0 atom stereocenters. The molecule has 0 bridgehead atoms. The molecule has 4 amide bonds. The minimum Gasteiger partial charge on any atom is -0.399 e. The van der Waals surface area contributed by atoms with Crippen LogP contribution in [-0.4, -0.2) is 150 Å². The van der Waals surface area contributed by atoms with Crippen molar-refractivity contribution in [2.45, 2.75) is 130 Å². The van der Waals surface area contributed by atoms with E-state index in [1.807, 2.05) is 74.5 Å². The number of carbonyl (C=O) groups is 3. The van der Waals surface area contributed by atoms with Crippen LogP contribution in [0.2, 0.25) is 0 Å². The first-order valence-corrected chi connectivity index (χ1v) is 25.4. The van der Waals surface area contributed by atoms with Gasteiger partial charge in [0.15, 0.2) is 0 Å². The van der Waals surface area contributed by atoms with E-state index in [1.54, 1.807) is 6.08 Å². The standard InChI is InChI=1S/C15H23N3O.C9H16N2O.C9H18N2O.C6H12N2O.C6H7N.2C2H3F3O.C2H6/c1-2-10-18-11-8-14(9-12-18)17-15(19)16-13-6-4-3-5-7-13;1-2-5-11-6-3-9(4-7-11)10-8-12;1-2-5-11-6-3-8(4-7-11)9(10)12;7-6(9)5-1-3-8-4-2-5;7-6-4-2-1-3-5-6;2*1-6-2(3,4)5;1-2/h3-7,14H,2,8-12H2,1H3,(H2,16,17,19);9H,2-7H2,1H3;8H,2-7H2,1H3,(H2,10,12);5,8H,1-4H2,(H2,7,9);1-5H,7H2;2*1H3;1-2H3. The topological polar surface area (TPSA) is 223 Å². The van der Waals surface area contributed by atoms with E-state index in [0.717, 1.165) is 122 Å². The smallest absolute Gasteiger partial charge is 0.399 e. The van der Waals surface area contributed by atoms with E-state index in [1.165, 1.54) is 32.4 Å². The van der Waals surface area contributed by atoms with Crippen LogP contribution in [0.15, 0.2) is 65.7 Å². The normalized spacial score (nSPS) is 16.8. The summed E-state index contributed by atoms with van der Waals surface area (Å²) in [5, 5.41) is 9.08. The average molecular weight is 1050 g/mol. The van der Waals surface area contributed by atoms with E-state index in [4.69, 9.17) is 17.2 Å². The number of urea groups is 1. The number of alkyl halides is 6. The highest BCUT2D eigenvalue weighted by Crippen LogP contribution is 2.17. The van der Waals surface area contributed by atoms with Gasteiger partial charge in [-0.2, -0.15) is 0 Å². The Hall–Kier alpha value is -4.83. The van der Waals surface area contributed by atoms with Crippen LogP contribution in [-0.2, 0) is 23.9 Å². The number of primary amides is 2. The molecule has 0 aliphatic carbocycles. The number of hydrogen-bond acceptors (Lipinski definition) is 12. The number of likely N-dealkylation sites (tertiary alicyclic amines) is 3. The van der Waals surface area contributed by atoms with Crippen molar-refractivity contribution in [3.63, 3.8) is 0 Å². The van der Waals surface area contributed by atoms with Gasteiger partial charge in [0, 0.05) is 69.7 Å².